The van der Waals surface area contributed by atoms with Crippen LogP contribution in [0.3, 0.4) is 0 Å². The highest BCUT2D eigenvalue weighted by Gasteiger charge is 2.46. The minimum atomic E-state index is -0.771. The summed E-state index contributed by atoms with van der Waals surface area (Å²) in [6.07, 6.45) is 6.36. The summed E-state index contributed by atoms with van der Waals surface area (Å²) in [4.78, 5) is 26.5. The Hall–Kier alpha value is -1.34. The molecule has 1 aliphatic heterocycles. The van der Waals surface area contributed by atoms with E-state index in [0.717, 1.165) is 25.7 Å². The largest absolute Gasteiger partial charge is 0.462 e. The highest BCUT2D eigenvalue weighted by Crippen LogP contribution is 2.33. The van der Waals surface area contributed by atoms with Crippen LogP contribution in [0.25, 0.3) is 0 Å². The number of ether oxygens (including phenoxy) is 3. The first-order valence-corrected chi connectivity index (χ1v) is 11.0. The third-order valence-electron chi connectivity index (χ3n) is 5.64. The Labute approximate surface area is 175 Å². The second-order valence-corrected chi connectivity index (χ2v) is 9.83. The normalized spacial score (nSPS) is 23.7. The molecule has 1 heterocycles. The summed E-state index contributed by atoms with van der Waals surface area (Å²) in [6, 6.07) is -0.202. The molecule has 0 radical (unpaired) electrons. The van der Waals surface area contributed by atoms with E-state index in [0.29, 0.717) is 19.4 Å². The maximum atomic E-state index is 12.7. The fourth-order valence-corrected chi connectivity index (χ4v) is 4.16. The number of nitrogens with zero attached hydrogens (tertiary/aromatic N) is 1. The number of aliphatic hydroxyl groups is 1. The Kier molecular flexibility index (Phi) is 8.35. The summed E-state index contributed by atoms with van der Waals surface area (Å²) >= 11 is 0. The molecule has 2 fully saturated rings. The fraction of sp³-hybridized carbons (Fsp3) is 0.909. The summed E-state index contributed by atoms with van der Waals surface area (Å²) in [7, 11) is 0. The summed E-state index contributed by atoms with van der Waals surface area (Å²) < 4.78 is 17.0. The topological polar surface area (TPSA) is 85.3 Å². The smallest absolute Gasteiger partial charge is 0.412 e. The molecule has 1 saturated heterocycles. The van der Waals surface area contributed by atoms with Crippen LogP contribution >= 0.6 is 0 Å². The average Bonchev–Trinajstić information content (AvgIpc) is 2.92. The Morgan fingerprint density at radius 3 is 2.45 bits per heavy atom. The zero-order valence-electron chi connectivity index (χ0n) is 18.7. The molecule has 1 aliphatic carbocycles. The average molecular weight is 414 g/mol. The van der Waals surface area contributed by atoms with Crippen molar-refractivity contribution in [2.45, 2.75) is 109 Å². The first-order valence-electron chi connectivity index (χ1n) is 11.0. The van der Waals surface area contributed by atoms with E-state index in [-0.39, 0.29) is 37.1 Å². The van der Waals surface area contributed by atoms with Crippen molar-refractivity contribution in [3.05, 3.63) is 0 Å². The van der Waals surface area contributed by atoms with Gasteiger partial charge in [-0.1, -0.05) is 6.42 Å². The molecule has 0 aromatic carbocycles. The lowest BCUT2D eigenvalue weighted by molar-refractivity contribution is -0.151. The number of hydrogen-bond acceptors (Lipinski definition) is 6. The van der Waals surface area contributed by atoms with Crippen LogP contribution in [0, 0.1) is 5.92 Å². The molecule has 0 spiro atoms. The molecular weight excluding hydrogens is 374 g/mol. The van der Waals surface area contributed by atoms with Crippen molar-refractivity contribution >= 4 is 12.1 Å². The van der Waals surface area contributed by atoms with Gasteiger partial charge in [0.15, 0.2) is 0 Å². The number of carbonyl (C=O) groups is 2. The van der Waals surface area contributed by atoms with Gasteiger partial charge in [0.2, 0.25) is 0 Å². The fourth-order valence-electron chi connectivity index (χ4n) is 4.16. The quantitative estimate of drug-likeness (QED) is 0.635. The standard InChI is InChI=1S/C22H39NO6/c1-21(2,3)29-20(26)23-17(15-27-22(23,4)5)13-16(14-24)11-12-19(25)28-18-9-7-6-8-10-18/h16-18,24H,6-15H2,1-5H3/t16-,17+/m1/s1. The molecule has 2 aliphatic rings. The summed E-state index contributed by atoms with van der Waals surface area (Å²) in [5, 5.41) is 9.83. The van der Waals surface area contributed by atoms with E-state index < -0.39 is 17.4 Å². The Morgan fingerprint density at radius 1 is 1.21 bits per heavy atom. The number of hydrogen-bond donors (Lipinski definition) is 1. The van der Waals surface area contributed by atoms with Crippen LogP contribution in [-0.2, 0) is 19.0 Å². The number of rotatable bonds is 7. The summed E-state index contributed by atoms with van der Waals surface area (Å²) in [5.41, 5.74) is -1.37. The van der Waals surface area contributed by atoms with Gasteiger partial charge in [-0.3, -0.25) is 9.69 Å². The Bertz CT molecular complexity index is 550. The van der Waals surface area contributed by atoms with Crippen LogP contribution < -0.4 is 0 Å². The van der Waals surface area contributed by atoms with E-state index in [9.17, 15) is 14.7 Å². The van der Waals surface area contributed by atoms with Gasteiger partial charge in [0, 0.05) is 13.0 Å². The molecule has 1 saturated carbocycles. The number of esters is 1. The Balaban J connectivity index is 1.88. The Morgan fingerprint density at radius 2 is 1.86 bits per heavy atom. The lowest BCUT2D eigenvalue weighted by atomic mass is 9.95. The highest BCUT2D eigenvalue weighted by atomic mass is 16.6. The van der Waals surface area contributed by atoms with Gasteiger partial charge in [0.25, 0.3) is 0 Å². The molecule has 0 unspecified atom stereocenters. The minimum Gasteiger partial charge on any atom is -0.462 e. The monoisotopic (exact) mass is 413 g/mol. The van der Waals surface area contributed by atoms with Crippen LogP contribution in [-0.4, -0.2) is 58.8 Å². The van der Waals surface area contributed by atoms with E-state index in [4.69, 9.17) is 14.2 Å². The molecule has 7 heteroatoms. The van der Waals surface area contributed by atoms with Gasteiger partial charge in [0.1, 0.15) is 17.4 Å². The van der Waals surface area contributed by atoms with Gasteiger partial charge >= 0.3 is 12.1 Å². The van der Waals surface area contributed by atoms with Crippen LogP contribution in [0.15, 0.2) is 0 Å². The molecule has 0 bridgehead atoms. The van der Waals surface area contributed by atoms with Crippen molar-refractivity contribution < 1.29 is 28.9 Å². The first kappa shape index (κ1) is 23.9. The number of amides is 1. The van der Waals surface area contributed by atoms with E-state index in [1.54, 1.807) is 4.90 Å². The third kappa shape index (κ3) is 7.45. The molecule has 1 N–H and O–H groups in total. The van der Waals surface area contributed by atoms with Crippen LogP contribution in [0.2, 0.25) is 0 Å². The maximum Gasteiger partial charge on any atom is 0.412 e. The lowest BCUT2D eigenvalue weighted by Crippen LogP contribution is -2.50. The molecule has 7 nitrogen and oxygen atoms in total. The molecule has 2 atom stereocenters. The number of carbonyl (C=O) groups excluding carboxylic acids is 2. The van der Waals surface area contributed by atoms with Gasteiger partial charge < -0.3 is 19.3 Å². The molecule has 0 aromatic rings. The van der Waals surface area contributed by atoms with Crippen LogP contribution in [0.4, 0.5) is 4.79 Å². The van der Waals surface area contributed by atoms with E-state index >= 15 is 0 Å². The van der Waals surface area contributed by atoms with E-state index in [1.807, 2.05) is 34.6 Å². The van der Waals surface area contributed by atoms with Crippen molar-refractivity contribution in [2.24, 2.45) is 5.92 Å². The predicted octanol–water partition coefficient (Wildman–Crippen LogP) is 4.01. The predicted molar refractivity (Wildman–Crippen MR) is 109 cm³/mol. The third-order valence-corrected chi connectivity index (χ3v) is 5.64. The number of aliphatic hydroxyl groups excluding tert-OH is 1. The minimum absolute atomic E-state index is 0.0458. The van der Waals surface area contributed by atoms with Gasteiger partial charge in [-0.05, 0) is 79.1 Å². The van der Waals surface area contributed by atoms with Gasteiger partial charge in [0.05, 0.1) is 12.6 Å². The van der Waals surface area contributed by atoms with E-state index in [2.05, 4.69) is 0 Å². The van der Waals surface area contributed by atoms with Crippen molar-refractivity contribution in [1.29, 1.82) is 0 Å². The second kappa shape index (κ2) is 10.1. The first-order chi connectivity index (χ1) is 13.5. The molecule has 168 valence electrons. The molecule has 29 heavy (non-hydrogen) atoms. The maximum absolute atomic E-state index is 12.7. The highest BCUT2D eigenvalue weighted by molar-refractivity contribution is 5.70. The van der Waals surface area contributed by atoms with Gasteiger partial charge in [-0.25, -0.2) is 4.79 Å². The van der Waals surface area contributed by atoms with E-state index in [1.165, 1.54) is 6.42 Å². The lowest BCUT2D eigenvalue weighted by Gasteiger charge is -2.36. The molecule has 0 aromatic heterocycles. The van der Waals surface area contributed by atoms with Crippen LogP contribution in [0.1, 0.15) is 86.0 Å². The summed E-state index contributed by atoms with van der Waals surface area (Å²) in [5.74, 6) is -0.302. The zero-order valence-corrected chi connectivity index (χ0v) is 18.7. The van der Waals surface area contributed by atoms with Crippen molar-refractivity contribution in [1.82, 2.24) is 4.90 Å². The SMILES string of the molecule is CC(C)(C)OC(=O)N1[C@@H](C[C@H](CO)CCC(=O)OC2CCCCC2)COC1(C)C. The van der Waals surface area contributed by atoms with Gasteiger partial charge in [-0.2, -0.15) is 0 Å². The van der Waals surface area contributed by atoms with Crippen molar-refractivity contribution in [2.75, 3.05) is 13.2 Å². The van der Waals surface area contributed by atoms with Crippen molar-refractivity contribution in [3.63, 3.8) is 0 Å². The zero-order chi connectivity index (χ0) is 21.7. The van der Waals surface area contributed by atoms with Crippen LogP contribution in [0.5, 0.6) is 0 Å². The van der Waals surface area contributed by atoms with Crippen molar-refractivity contribution in [3.8, 4) is 0 Å². The summed E-state index contributed by atoms with van der Waals surface area (Å²) in [6.45, 7) is 9.51. The molecular formula is C22H39NO6. The second-order valence-electron chi connectivity index (χ2n) is 9.83. The molecule has 2 rings (SSSR count). The molecule has 1 amide bonds. The van der Waals surface area contributed by atoms with Gasteiger partial charge in [-0.15, -0.1) is 0 Å².